The SMILES string of the molecule is Cc1ccc(S(=O)(=O)N(CCOc2c3occc3cc3ccc(=O)oc23)CCN(CCN(CCOc2c3occc3cc3ccc(=O)oc23)S(=O)(=O)c2ccc(C)cc2)S(=O)(=O)c2ccc(C)cc2)cc1. The van der Waals surface area contributed by atoms with Gasteiger partial charge in [-0.25, -0.2) is 34.8 Å². The lowest BCUT2D eigenvalue weighted by Gasteiger charge is -2.29. The van der Waals surface area contributed by atoms with Crippen LogP contribution in [0.1, 0.15) is 16.7 Å². The summed E-state index contributed by atoms with van der Waals surface area (Å²) in [6.45, 7) is 2.50. The number of furan rings is 2. The summed E-state index contributed by atoms with van der Waals surface area (Å²) in [7, 11) is -13.1. The molecule has 0 atom stereocenters. The van der Waals surface area contributed by atoms with Gasteiger partial charge in [-0.3, -0.25) is 0 Å². The Labute approximate surface area is 408 Å². The largest absolute Gasteiger partial charge is 0.485 e. The monoisotopic (exact) mass is 1020 g/mol. The second-order valence-electron chi connectivity index (χ2n) is 16.8. The number of ether oxygens (including phenoxy) is 2. The Hall–Kier alpha value is -7.07. The topological polar surface area (TPSA) is 217 Å². The van der Waals surface area contributed by atoms with Gasteiger partial charge in [0.15, 0.2) is 22.3 Å². The van der Waals surface area contributed by atoms with E-state index in [1.54, 1.807) is 79.7 Å². The maximum absolute atomic E-state index is 14.7. The quantitative estimate of drug-likeness (QED) is 0.0665. The molecule has 20 heteroatoms. The number of hydrogen-bond acceptors (Lipinski definition) is 14. The Morgan fingerprint density at radius 1 is 0.394 bits per heavy atom. The van der Waals surface area contributed by atoms with E-state index in [9.17, 15) is 34.8 Å². The minimum Gasteiger partial charge on any atom is -0.485 e. The minimum absolute atomic E-state index is 0.0618. The highest BCUT2D eigenvalue weighted by Crippen LogP contribution is 2.36. The van der Waals surface area contributed by atoms with E-state index in [0.717, 1.165) is 29.6 Å². The highest BCUT2D eigenvalue weighted by Gasteiger charge is 2.32. The van der Waals surface area contributed by atoms with E-state index in [1.165, 1.54) is 61.1 Å². The molecule has 9 aromatic rings. The maximum Gasteiger partial charge on any atom is 0.336 e. The van der Waals surface area contributed by atoms with Gasteiger partial charge in [-0.05, 0) is 93.6 Å². The van der Waals surface area contributed by atoms with Gasteiger partial charge in [0.05, 0.1) is 27.2 Å². The molecule has 5 aromatic carbocycles. The van der Waals surface area contributed by atoms with Gasteiger partial charge in [0, 0.05) is 72.9 Å². The van der Waals surface area contributed by atoms with Crippen molar-refractivity contribution in [3.63, 3.8) is 0 Å². The fraction of sp³-hybridized carbons (Fsp3) is 0.216. The minimum atomic E-state index is -4.44. The van der Waals surface area contributed by atoms with Crippen molar-refractivity contribution < 1.29 is 52.4 Å². The lowest BCUT2D eigenvalue weighted by atomic mass is 10.1. The first-order valence-electron chi connectivity index (χ1n) is 22.3. The number of hydrogen-bond donors (Lipinski definition) is 0. The molecule has 0 fully saturated rings. The first-order chi connectivity index (χ1) is 34.0. The third-order valence-electron chi connectivity index (χ3n) is 11.9. The maximum atomic E-state index is 14.7. The summed E-state index contributed by atoms with van der Waals surface area (Å²) in [5.74, 6) is 0.155. The van der Waals surface area contributed by atoms with Crippen LogP contribution in [0.2, 0.25) is 0 Å². The number of benzene rings is 5. The Bertz CT molecular complexity index is 3650. The molecular formula is C51H47N3O14S3. The number of nitrogens with zero attached hydrogens (tertiary/aromatic N) is 3. The molecule has 4 aromatic heterocycles. The van der Waals surface area contributed by atoms with E-state index in [2.05, 4.69) is 0 Å². The number of sulfonamides is 3. The van der Waals surface area contributed by atoms with E-state index in [0.29, 0.717) is 21.5 Å². The normalized spacial score (nSPS) is 12.6. The van der Waals surface area contributed by atoms with Gasteiger partial charge in [0.25, 0.3) is 0 Å². The van der Waals surface area contributed by atoms with Gasteiger partial charge < -0.3 is 27.1 Å². The Morgan fingerprint density at radius 3 is 1.04 bits per heavy atom. The summed E-state index contributed by atoms with van der Waals surface area (Å²) in [5.41, 5.74) is 1.85. The van der Waals surface area contributed by atoms with Crippen molar-refractivity contribution in [3.05, 3.63) is 171 Å². The Morgan fingerprint density at radius 2 is 0.704 bits per heavy atom. The molecule has 71 heavy (non-hydrogen) atoms. The highest BCUT2D eigenvalue weighted by atomic mass is 32.2. The summed E-state index contributed by atoms with van der Waals surface area (Å²) in [6, 6.07) is 31.0. The van der Waals surface area contributed by atoms with Crippen LogP contribution >= 0.6 is 0 Å². The molecule has 0 aliphatic carbocycles. The molecule has 0 bridgehead atoms. The third kappa shape index (κ3) is 10.3. The number of aryl methyl sites for hydroxylation is 3. The predicted octanol–water partition coefficient (Wildman–Crippen LogP) is 7.85. The smallest absolute Gasteiger partial charge is 0.336 e. The summed E-state index contributed by atoms with van der Waals surface area (Å²) in [6.07, 6.45) is 2.88. The first kappa shape index (κ1) is 48.9. The fourth-order valence-electron chi connectivity index (χ4n) is 8.05. The molecule has 0 N–H and O–H groups in total. The Kier molecular flexibility index (Phi) is 13.8. The van der Waals surface area contributed by atoms with Crippen LogP contribution in [0.5, 0.6) is 11.5 Å². The van der Waals surface area contributed by atoms with Crippen LogP contribution < -0.4 is 20.7 Å². The highest BCUT2D eigenvalue weighted by molar-refractivity contribution is 7.89. The van der Waals surface area contributed by atoms with Crippen LogP contribution in [0.4, 0.5) is 0 Å². The zero-order valence-corrected chi connectivity index (χ0v) is 41.1. The molecule has 0 radical (unpaired) electrons. The van der Waals surface area contributed by atoms with Crippen molar-refractivity contribution in [2.24, 2.45) is 0 Å². The fourth-order valence-corrected chi connectivity index (χ4v) is 12.3. The molecule has 0 aliphatic rings. The number of rotatable bonds is 20. The first-order valence-corrected chi connectivity index (χ1v) is 26.7. The molecule has 0 saturated heterocycles. The summed E-state index contributed by atoms with van der Waals surface area (Å²) >= 11 is 0. The molecule has 0 unspecified atom stereocenters. The van der Waals surface area contributed by atoms with Gasteiger partial charge >= 0.3 is 11.3 Å². The second kappa shape index (κ2) is 20.0. The lowest BCUT2D eigenvalue weighted by molar-refractivity contribution is 0.249. The van der Waals surface area contributed by atoms with Crippen LogP contribution in [0.3, 0.4) is 0 Å². The van der Waals surface area contributed by atoms with Crippen molar-refractivity contribution >= 4 is 73.9 Å². The zero-order valence-electron chi connectivity index (χ0n) is 38.6. The van der Waals surface area contributed by atoms with E-state index < -0.39 is 67.5 Å². The standard InChI is InChI=1S/C51H47N3O14S3/c1-34-4-12-41(13-5-34)69(57,58)52(22-24-53(70(59,60)42-14-6-35(2)7-15-42)26-30-65-50-46-39(20-28-63-46)32-37-10-18-44(55)67-48(37)50)23-25-54(71(61,62)43-16-8-36(3)9-17-43)27-31-66-51-47-40(21-29-64-47)33-38-11-19-45(56)68-49(38)51/h4-21,28-29,32-33H,22-27,30-31H2,1-3H3. The second-order valence-corrected chi connectivity index (χ2v) is 22.6. The van der Waals surface area contributed by atoms with Crippen molar-refractivity contribution in [2.45, 2.75) is 35.5 Å². The van der Waals surface area contributed by atoms with Crippen LogP contribution in [-0.2, 0) is 30.1 Å². The predicted molar refractivity (Wildman–Crippen MR) is 265 cm³/mol. The van der Waals surface area contributed by atoms with Gasteiger partial charge in [-0.15, -0.1) is 0 Å². The molecule has 4 heterocycles. The molecule has 0 amide bonds. The van der Waals surface area contributed by atoms with E-state index >= 15 is 0 Å². The summed E-state index contributed by atoms with van der Waals surface area (Å²) in [5, 5.41) is 2.36. The molecular weight excluding hydrogens is 975 g/mol. The zero-order chi connectivity index (χ0) is 50.1. The van der Waals surface area contributed by atoms with Gasteiger partial charge in [-0.1, -0.05) is 53.1 Å². The molecule has 368 valence electrons. The molecule has 0 aliphatic heterocycles. The molecule has 9 rings (SSSR count). The Balaban J connectivity index is 1.03. The van der Waals surface area contributed by atoms with Crippen LogP contribution in [0.15, 0.2) is 176 Å². The number of fused-ring (bicyclic) bond motifs is 4. The van der Waals surface area contributed by atoms with E-state index in [1.807, 2.05) is 13.8 Å². The molecule has 0 saturated carbocycles. The average Bonchev–Trinajstić information content (AvgIpc) is 4.03. The van der Waals surface area contributed by atoms with Crippen molar-refractivity contribution in [2.75, 3.05) is 52.5 Å². The van der Waals surface area contributed by atoms with Crippen LogP contribution in [-0.4, -0.2) is 90.7 Å². The summed E-state index contributed by atoms with van der Waals surface area (Å²) < 4.78 is 126. The average molecular weight is 1020 g/mol. The molecule has 17 nitrogen and oxygen atoms in total. The van der Waals surface area contributed by atoms with E-state index in [-0.39, 0.29) is 74.8 Å². The molecule has 0 spiro atoms. The van der Waals surface area contributed by atoms with Gasteiger partial charge in [0.2, 0.25) is 41.6 Å². The van der Waals surface area contributed by atoms with E-state index in [4.69, 9.17) is 27.1 Å². The van der Waals surface area contributed by atoms with Crippen molar-refractivity contribution in [1.29, 1.82) is 0 Å². The summed E-state index contributed by atoms with van der Waals surface area (Å²) in [4.78, 5) is 24.4. The van der Waals surface area contributed by atoms with Gasteiger partial charge in [0.1, 0.15) is 13.2 Å². The van der Waals surface area contributed by atoms with Crippen LogP contribution in [0.25, 0.3) is 43.9 Å². The lowest BCUT2D eigenvalue weighted by Crippen LogP contribution is -2.46. The van der Waals surface area contributed by atoms with Crippen LogP contribution in [0, 0.1) is 20.8 Å². The van der Waals surface area contributed by atoms with Gasteiger partial charge in [-0.2, -0.15) is 12.9 Å². The van der Waals surface area contributed by atoms with Crippen molar-refractivity contribution in [3.8, 4) is 11.5 Å². The third-order valence-corrected chi connectivity index (χ3v) is 17.7. The van der Waals surface area contributed by atoms with Crippen molar-refractivity contribution in [1.82, 2.24) is 12.9 Å².